The van der Waals surface area contributed by atoms with Crippen molar-refractivity contribution in [2.45, 2.75) is 114 Å². The van der Waals surface area contributed by atoms with E-state index in [1.165, 1.54) is 7.11 Å². The van der Waals surface area contributed by atoms with Crippen LogP contribution in [-0.2, 0) is 28.5 Å². The van der Waals surface area contributed by atoms with Gasteiger partial charge in [0, 0.05) is 25.4 Å². The summed E-state index contributed by atoms with van der Waals surface area (Å²) in [7, 11) is 1.53. The number of Topliss-reactive ketones (excluding diaryl/α,β-unsaturated/α-hetero) is 1. The number of hydrogen-bond donors (Lipinski definition) is 3. The van der Waals surface area contributed by atoms with E-state index in [9.17, 15) is 24.9 Å². The minimum absolute atomic E-state index is 0.0338. The average Bonchev–Trinajstić information content (AvgIpc) is 3.46. The van der Waals surface area contributed by atoms with Gasteiger partial charge in [0.1, 0.15) is 29.2 Å². The summed E-state index contributed by atoms with van der Waals surface area (Å²) in [6.07, 6.45) is -0.297. The summed E-state index contributed by atoms with van der Waals surface area (Å²) < 4.78 is 24.2. The SMILES string of the molecule is CO[C@H]1CC(=O)[C@]2(C)[C@H]3CC[C@]4(C)[C@@H]5[C@H](C[C@H]4[C@@H]3C[C@H]3O[C@]32[C@H]1O)O[C@@]1(OC(=O)[C@H](C)[C@H]1C)[C@@H](O)[C@]5(C)O. The molecule has 0 aromatic heterocycles. The summed E-state index contributed by atoms with van der Waals surface area (Å²) in [5.74, 6) is -2.79. The lowest BCUT2D eigenvalue weighted by atomic mass is 9.43. The highest BCUT2D eigenvalue weighted by atomic mass is 16.7. The maximum Gasteiger partial charge on any atom is 0.311 e. The second-order valence-corrected chi connectivity index (χ2v) is 14.3. The normalized spacial score (nSPS) is 64.4. The number of hydrogen-bond acceptors (Lipinski definition) is 9. The van der Waals surface area contributed by atoms with Crippen LogP contribution in [0.5, 0.6) is 0 Å². The maximum absolute atomic E-state index is 13.8. The lowest BCUT2D eigenvalue weighted by molar-refractivity contribution is -0.368. The lowest BCUT2D eigenvalue weighted by Gasteiger charge is -2.61. The number of aliphatic hydroxyl groups excluding tert-OH is 2. The molecule has 9 heteroatoms. The van der Waals surface area contributed by atoms with Crippen molar-refractivity contribution in [3.8, 4) is 0 Å². The summed E-state index contributed by atoms with van der Waals surface area (Å²) in [5.41, 5.74) is -3.57. The van der Waals surface area contributed by atoms with Crippen LogP contribution in [0, 0.1) is 46.3 Å². The average molecular weight is 535 g/mol. The Balaban J connectivity index is 1.26. The molecule has 7 aliphatic rings. The van der Waals surface area contributed by atoms with Gasteiger partial charge in [-0.1, -0.05) is 20.8 Å². The third-order valence-corrected chi connectivity index (χ3v) is 13.2. The molecule has 16 atom stereocenters. The van der Waals surface area contributed by atoms with Gasteiger partial charge in [-0.25, -0.2) is 0 Å². The molecule has 9 nitrogen and oxygen atoms in total. The molecule has 3 saturated heterocycles. The Morgan fingerprint density at radius 2 is 1.74 bits per heavy atom. The van der Waals surface area contributed by atoms with Crippen LogP contribution < -0.4 is 0 Å². The zero-order valence-electron chi connectivity index (χ0n) is 23.2. The molecule has 2 spiro atoms. The first-order chi connectivity index (χ1) is 17.7. The molecule has 0 aromatic rings. The van der Waals surface area contributed by atoms with Crippen LogP contribution in [0.15, 0.2) is 0 Å². The van der Waals surface area contributed by atoms with Crippen LogP contribution in [0.25, 0.3) is 0 Å². The molecular formula is C29H42O9. The Morgan fingerprint density at radius 1 is 1.03 bits per heavy atom. The van der Waals surface area contributed by atoms with Crippen molar-refractivity contribution < 1.29 is 43.9 Å². The highest BCUT2D eigenvalue weighted by Gasteiger charge is 2.83. The number of ketones is 1. The first kappa shape index (κ1) is 25.8. The first-order valence-corrected chi connectivity index (χ1v) is 14.4. The van der Waals surface area contributed by atoms with E-state index in [2.05, 4.69) is 6.92 Å². The molecule has 38 heavy (non-hydrogen) atoms. The van der Waals surface area contributed by atoms with Gasteiger partial charge in [0.25, 0.3) is 0 Å². The Morgan fingerprint density at radius 3 is 2.37 bits per heavy atom. The molecule has 0 bridgehead atoms. The molecule has 4 aliphatic carbocycles. The van der Waals surface area contributed by atoms with Crippen LogP contribution in [0.2, 0.25) is 0 Å². The van der Waals surface area contributed by atoms with Crippen molar-refractivity contribution in [2.75, 3.05) is 7.11 Å². The lowest BCUT2D eigenvalue weighted by Crippen LogP contribution is -2.71. The van der Waals surface area contributed by atoms with E-state index in [1.54, 1.807) is 13.8 Å². The summed E-state index contributed by atoms with van der Waals surface area (Å²) >= 11 is 0. The smallest absolute Gasteiger partial charge is 0.311 e. The van der Waals surface area contributed by atoms with Crippen molar-refractivity contribution in [1.29, 1.82) is 0 Å². The number of rotatable bonds is 1. The quantitative estimate of drug-likeness (QED) is 0.339. The van der Waals surface area contributed by atoms with Gasteiger partial charge in [-0.2, -0.15) is 0 Å². The van der Waals surface area contributed by atoms with Crippen molar-refractivity contribution >= 4 is 11.8 Å². The second kappa shape index (κ2) is 7.39. The Bertz CT molecular complexity index is 1090. The summed E-state index contributed by atoms with van der Waals surface area (Å²) in [6.45, 7) is 9.48. The van der Waals surface area contributed by atoms with Gasteiger partial charge in [-0.15, -0.1) is 0 Å². The van der Waals surface area contributed by atoms with E-state index in [0.717, 1.165) is 19.3 Å². The van der Waals surface area contributed by atoms with Crippen LogP contribution in [-0.4, -0.2) is 81.7 Å². The number of esters is 1. The molecule has 0 aromatic carbocycles. The highest BCUT2D eigenvalue weighted by molar-refractivity contribution is 5.89. The topological polar surface area (TPSA) is 135 Å². The largest absolute Gasteiger partial charge is 0.429 e. The monoisotopic (exact) mass is 534 g/mol. The van der Waals surface area contributed by atoms with Gasteiger partial charge in [-0.05, 0) is 62.7 Å². The van der Waals surface area contributed by atoms with Crippen LogP contribution in [0.1, 0.15) is 66.7 Å². The standard InChI is InChI=1S/C29H42O9/c1-12-13(2)29(38-23(12)32)24(33)27(5,34)21-17(36-29)10-16-14-9-20-28(37-20)22(31)18(35-6)11-19(30)26(28,4)15(14)7-8-25(16,21)3/h12-18,20-22,24,31,33-34H,7-11H2,1-6H3/t12-,13-,14-,15+,16+,17+,18+,20-,21+,22+,24+,25+,26+,27-,28+,29+/m1/s1. The molecule has 3 aliphatic heterocycles. The van der Waals surface area contributed by atoms with E-state index >= 15 is 0 Å². The van der Waals surface area contributed by atoms with Gasteiger partial charge >= 0.3 is 5.97 Å². The first-order valence-electron chi connectivity index (χ1n) is 14.4. The summed E-state index contributed by atoms with van der Waals surface area (Å²) in [4.78, 5) is 26.3. The minimum atomic E-state index is -1.57. The summed E-state index contributed by atoms with van der Waals surface area (Å²) in [5, 5.41) is 34.9. The third-order valence-electron chi connectivity index (χ3n) is 13.2. The van der Waals surface area contributed by atoms with E-state index in [-0.39, 0.29) is 47.4 Å². The molecule has 3 heterocycles. The Labute approximate surface area is 223 Å². The number of carbonyl (C=O) groups excluding carboxylic acids is 2. The predicted octanol–water partition coefficient (Wildman–Crippen LogP) is 1.59. The maximum atomic E-state index is 13.8. The molecule has 7 rings (SSSR count). The molecule has 0 radical (unpaired) electrons. The molecule has 3 N–H and O–H groups in total. The van der Waals surface area contributed by atoms with Gasteiger partial charge in [0.15, 0.2) is 0 Å². The fraction of sp³-hybridized carbons (Fsp3) is 0.931. The van der Waals surface area contributed by atoms with Gasteiger partial charge in [-0.3, -0.25) is 9.59 Å². The van der Waals surface area contributed by atoms with Gasteiger partial charge in [0.2, 0.25) is 5.79 Å². The van der Waals surface area contributed by atoms with Crippen molar-refractivity contribution in [3.63, 3.8) is 0 Å². The number of ether oxygens (including phenoxy) is 4. The molecule has 4 saturated carbocycles. The van der Waals surface area contributed by atoms with E-state index in [4.69, 9.17) is 18.9 Å². The Hall–Kier alpha value is -1.10. The highest BCUT2D eigenvalue weighted by Crippen LogP contribution is 2.75. The van der Waals surface area contributed by atoms with Gasteiger partial charge in [0.05, 0.1) is 29.6 Å². The molecule has 212 valence electrons. The van der Waals surface area contributed by atoms with Crippen LogP contribution in [0.4, 0.5) is 0 Å². The van der Waals surface area contributed by atoms with Crippen LogP contribution in [0.3, 0.4) is 0 Å². The van der Waals surface area contributed by atoms with Crippen molar-refractivity contribution in [1.82, 2.24) is 0 Å². The zero-order valence-corrected chi connectivity index (χ0v) is 23.2. The minimum Gasteiger partial charge on any atom is -0.429 e. The predicted molar refractivity (Wildman–Crippen MR) is 131 cm³/mol. The van der Waals surface area contributed by atoms with Gasteiger partial charge < -0.3 is 34.3 Å². The Kier molecular flexibility index (Phi) is 5.03. The third kappa shape index (κ3) is 2.57. The number of epoxide rings is 1. The molecular weight excluding hydrogens is 492 g/mol. The van der Waals surface area contributed by atoms with E-state index in [1.807, 2.05) is 13.8 Å². The molecule has 0 amide bonds. The van der Waals surface area contributed by atoms with Crippen LogP contribution >= 0.6 is 0 Å². The fourth-order valence-electron chi connectivity index (χ4n) is 11.1. The molecule has 7 fully saturated rings. The fourth-order valence-corrected chi connectivity index (χ4v) is 11.1. The van der Waals surface area contributed by atoms with E-state index in [0.29, 0.717) is 6.42 Å². The number of fused-ring (bicyclic) bond motifs is 6. The second-order valence-electron chi connectivity index (χ2n) is 14.3. The van der Waals surface area contributed by atoms with Crippen molar-refractivity contribution in [3.05, 3.63) is 0 Å². The van der Waals surface area contributed by atoms with Crippen molar-refractivity contribution in [2.24, 2.45) is 46.3 Å². The number of aliphatic hydroxyl groups is 3. The number of carbonyl (C=O) groups is 2. The van der Waals surface area contributed by atoms with E-state index < -0.39 is 64.6 Å². The molecule has 0 unspecified atom stereocenters. The zero-order chi connectivity index (χ0) is 27.4. The number of methoxy groups -OCH3 is 1. The summed E-state index contributed by atoms with van der Waals surface area (Å²) in [6, 6.07) is 0.